The van der Waals surface area contributed by atoms with E-state index in [9.17, 15) is 4.79 Å². The van der Waals surface area contributed by atoms with E-state index in [4.69, 9.17) is 10.5 Å². The van der Waals surface area contributed by atoms with Gasteiger partial charge in [0.15, 0.2) is 0 Å². The average molecular weight is 214 g/mol. The SMILES string of the molecule is CC(C)OC(=O)CN1CCCCC1CN. The smallest absolute Gasteiger partial charge is 0.320 e. The Bertz CT molecular complexity index is 207. The van der Waals surface area contributed by atoms with Crippen LogP contribution in [0.2, 0.25) is 0 Å². The number of esters is 1. The van der Waals surface area contributed by atoms with Crippen LogP contribution >= 0.6 is 0 Å². The van der Waals surface area contributed by atoms with E-state index in [1.165, 1.54) is 6.42 Å². The highest BCUT2D eigenvalue weighted by atomic mass is 16.5. The Morgan fingerprint density at radius 2 is 2.27 bits per heavy atom. The topological polar surface area (TPSA) is 55.6 Å². The molecule has 1 rings (SSSR count). The fourth-order valence-corrected chi connectivity index (χ4v) is 2.00. The maximum Gasteiger partial charge on any atom is 0.320 e. The monoisotopic (exact) mass is 214 g/mol. The summed E-state index contributed by atoms with van der Waals surface area (Å²) in [5.74, 6) is -0.134. The van der Waals surface area contributed by atoms with Crippen LogP contribution in [-0.2, 0) is 9.53 Å². The number of piperidine rings is 1. The van der Waals surface area contributed by atoms with Gasteiger partial charge in [0.1, 0.15) is 0 Å². The molecule has 0 spiro atoms. The number of ether oxygens (including phenoxy) is 1. The minimum absolute atomic E-state index is 0.0291. The van der Waals surface area contributed by atoms with Gasteiger partial charge in [-0.15, -0.1) is 0 Å². The highest BCUT2D eigenvalue weighted by molar-refractivity contribution is 5.71. The number of likely N-dealkylation sites (tertiary alicyclic amines) is 1. The molecule has 0 aliphatic carbocycles. The largest absolute Gasteiger partial charge is 0.462 e. The Morgan fingerprint density at radius 1 is 1.53 bits per heavy atom. The summed E-state index contributed by atoms with van der Waals surface area (Å²) in [6, 6.07) is 0.360. The van der Waals surface area contributed by atoms with Crippen LogP contribution in [0.25, 0.3) is 0 Å². The summed E-state index contributed by atoms with van der Waals surface area (Å²) in [5, 5.41) is 0. The zero-order valence-electron chi connectivity index (χ0n) is 9.74. The number of carbonyl (C=O) groups excluding carboxylic acids is 1. The highest BCUT2D eigenvalue weighted by Crippen LogP contribution is 2.15. The van der Waals surface area contributed by atoms with Crippen molar-refractivity contribution in [3.8, 4) is 0 Å². The molecule has 0 radical (unpaired) electrons. The van der Waals surface area contributed by atoms with Crippen LogP contribution in [-0.4, -0.2) is 42.6 Å². The van der Waals surface area contributed by atoms with Gasteiger partial charge in [0.05, 0.1) is 12.6 Å². The fourth-order valence-electron chi connectivity index (χ4n) is 2.00. The number of rotatable bonds is 4. The van der Waals surface area contributed by atoms with Crippen molar-refractivity contribution in [2.24, 2.45) is 5.73 Å². The Balaban J connectivity index is 2.37. The van der Waals surface area contributed by atoms with Gasteiger partial charge in [-0.25, -0.2) is 0 Å². The second-order valence-corrected chi connectivity index (χ2v) is 4.39. The van der Waals surface area contributed by atoms with E-state index in [1.807, 2.05) is 13.8 Å². The number of nitrogens with zero attached hydrogens (tertiary/aromatic N) is 1. The molecule has 0 aromatic heterocycles. The summed E-state index contributed by atoms with van der Waals surface area (Å²) >= 11 is 0. The Morgan fingerprint density at radius 3 is 2.87 bits per heavy atom. The third-order valence-corrected chi connectivity index (χ3v) is 2.72. The molecule has 0 saturated carbocycles. The van der Waals surface area contributed by atoms with Crippen LogP contribution in [0.1, 0.15) is 33.1 Å². The van der Waals surface area contributed by atoms with E-state index in [2.05, 4.69) is 4.90 Å². The van der Waals surface area contributed by atoms with Gasteiger partial charge in [-0.3, -0.25) is 9.69 Å². The van der Waals surface area contributed by atoms with Gasteiger partial charge in [0, 0.05) is 12.6 Å². The number of carbonyl (C=O) groups is 1. The van der Waals surface area contributed by atoms with Crippen molar-refractivity contribution < 1.29 is 9.53 Å². The molecule has 1 saturated heterocycles. The number of nitrogens with two attached hydrogens (primary N) is 1. The minimum Gasteiger partial charge on any atom is -0.462 e. The van der Waals surface area contributed by atoms with Crippen molar-refractivity contribution in [2.75, 3.05) is 19.6 Å². The highest BCUT2D eigenvalue weighted by Gasteiger charge is 2.23. The van der Waals surface area contributed by atoms with E-state index in [-0.39, 0.29) is 12.1 Å². The standard InChI is InChI=1S/C11H22N2O2/c1-9(2)15-11(14)8-13-6-4-3-5-10(13)7-12/h9-10H,3-8,12H2,1-2H3. The molecular weight excluding hydrogens is 192 g/mol. The van der Waals surface area contributed by atoms with Crippen molar-refractivity contribution in [3.05, 3.63) is 0 Å². The Kier molecular flexibility index (Phi) is 5.05. The molecular formula is C11H22N2O2. The van der Waals surface area contributed by atoms with Crippen molar-refractivity contribution >= 4 is 5.97 Å². The zero-order chi connectivity index (χ0) is 11.3. The van der Waals surface area contributed by atoms with E-state index >= 15 is 0 Å². The molecule has 0 bridgehead atoms. The Labute approximate surface area is 91.8 Å². The van der Waals surface area contributed by atoms with Gasteiger partial charge >= 0.3 is 5.97 Å². The van der Waals surface area contributed by atoms with Gasteiger partial charge < -0.3 is 10.5 Å². The number of hydrogen-bond donors (Lipinski definition) is 1. The van der Waals surface area contributed by atoms with Crippen LogP contribution in [0.3, 0.4) is 0 Å². The summed E-state index contributed by atoms with van der Waals surface area (Å²) in [6.45, 7) is 5.73. The molecule has 1 aliphatic heterocycles. The van der Waals surface area contributed by atoms with E-state index in [0.717, 1.165) is 19.4 Å². The maximum absolute atomic E-state index is 11.5. The lowest BCUT2D eigenvalue weighted by Gasteiger charge is -2.34. The van der Waals surface area contributed by atoms with Crippen LogP contribution in [0.4, 0.5) is 0 Å². The average Bonchev–Trinajstić information content (AvgIpc) is 2.17. The second-order valence-electron chi connectivity index (χ2n) is 4.39. The molecule has 1 atom stereocenters. The lowest BCUT2D eigenvalue weighted by atomic mass is 10.0. The first-order valence-electron chi connectivity index (χ1n) is 5.77. The molecule has 0 aromatic rings. The predicted octanol–water partition coefficient (Wildman–Crippen LogP) is 0.751. The minimum atomic E-state index is -0.134. The van der Waals surface area contributed by atoms with Gasteiger partial charge in [-0.05, 0) is 33.2 Å². The molecule has 0 amide bonds. The zero-order valence-corrected chi connectivity index (χ0v) is 9.74. The molecule has 1 heterocycles. The molecule has 4 heteroatoms. The number of hydrogen-bond acceptors (Lipinski definition) is 4. The van der Waals surface area contributed by atoms with Gasteiger partial charge in [-0.2, -0.15) is 0 Å². The van der Waals surface area contributed by atoms with Crippen LogP contribution < -0.4 is 5.73 Å². The fraction of sp³-hybridized carbons (Fsp3) is 0.909. The lowest BCUT2D eigenvalue weighted by molar-refractivity contribution is -0.149. The lowest BCUT2D eigenvalue weighted by Crippen LogP contribution is -2.46. The summed E-state index contributed by atoms with van der Waals surface area (Å²) in [6.07, 6.45) is 3.45. The summed E-state index contributed by atoms with van der Waals surface area (Å²) < 4.78 is 5.12. The molecule has 1 aliphatic rings. The second kappa shape index (κ2) is 6.08. The van der Waals surface area contributed by atoms with Gasteiger partial charge in [0.25, 0.3) is 0 Å². The van der Waals surface area contributed by atoms with E-state index in [0.29, 0.717) is 19.1 Å². The molecule has 2 N–H and O–H groups in total. The first-order chi connectivity index (χ1) is 7.13. The molecule has 88 valence electrons. The normalized spacial score (nSPS) is 23.1. The summed E-state index contributed by atoms with van der Waals surface area (Å²) in [7, 11) is 0. The van der Waals surface area contributed by atoms with Crippen molar-refractivity contribution in [2.45, 2.75) is 45.3 Å². The van der Waals surface area contributed by atoms with E-state index < -0.39 is 0 Å². The van der Waals surface area contributed by atoms with Gasteiger partial charge in [-0.1, -0.05) is 6.42 Å². The van der Waals surface area contributed by atoms with Crippen LogP contribution in [0.15, 0.2) is 0 Å². The van der Waals surface area contributed by atoms with E-state index in [1.54, 1.807) is 0 Å². The Hall–Kier alpha value is -0.610. The molecule has 1 unspecified atom stereocenters. The van der Waals surface area contributed by atoms with Crippen molar-refractivity contribution in [1.29, 1.82) is 0 Å². The van der Waals surface area contributed by atoms with Crippen molar-refractivity contribution in [3.63, 3.8) is 0 Å². The molecule has 1 fully saturated rings. The molecule has 15 heavy (non-hydrogen) atoms. The third-order valence-electron chi connectivity index (χ3n) is 2.72. The summed E-state index contributed by atoms with van der Waals surface area (Å²) in [4.78, 5) is 13.6. The van der Waals surface area contributed by atoms with Gasteiger partial charge in [0.2, 0.25) is 0 Å². The quantitative estimate of drug-likeness (QED) is 0.702. The van der Waals surface area contributed by atoms with Crippen LogP contribution in [0.5, 0.6) is 0 Å². The third kappa shape index (κ3) is 4.18. The first-order valence-corrected chi connectivity index (χ1v) is 5.77. The summed E-state index contributed by atoms with van der Waals surface area (Å²) in [5.41, 5.74) is 5.68. The maximum atomic E-state index is 11.5. The van der Waals surface area contributed by atoms with Crippen LogP contribution in [0, 0.1) is 0 Å². The molecule has 0 aromatic carbocycles. The van der Waals surface area contributed by atoms with Crippen molar-refractivity contribution in [1.82, 2.24) is 4.90 Å². The first kappa shape index (κ1) is 12.5. The predicted molar refractivity (Wildman–Crippen MR) is 59.5 cm³/mol. The molecule has 4 nitrogen and oxygen atoms in total.